The highest BCUT2D eigenvalue weighted by molar-refractivity contribution is 6.26. The minimum absolute atomic E-state index is 0.232. The maximum Gasteiger partial charge on any atom is 0.328 e. The van der Waals surface area contributed by atoms with Crippen LogP contribution in [0.5, 0.6) is 0 Å². The SMILES string of the molecule is COC(=O)[C@H](CCCCN)NC(=O)c1ccc2c(=O)n(N3C=C(c4ccccc4)n4c(C)cc5c4C(=CCC5)C3=O)c(C)nc2c1. The van der Waals surface area contributed by atoms with Gasteiger partial charge in [0.15, 0.2) is 0 Å². The van der Waals surface area contributed by atoms with E-state index in [-0.39, 0.29) is 22.7 Å². The summed E-state index contributed by atoms with van der Waals surface area (Å²) < 4.78 is 8.24. The lowest BCUT2D eigenvalue weighted by Crippen LogP contribution is -2.44. The molecule has 236 valence electrons. The maximum atomic E-state index is 14.3. The molecule has 2 amide bonds. The standard InChI is InChI=1S/C35H36N6O5/c1-21-18-24-12-9-13-27-31(24)40(21)30(23-10-5-4-6-11-23)20-39(33(27)43)41-22(2)37-29-19-25(15-16-26(29)34(41)44)32(42)38-28(35(45)46-3)14-7-8-17-36/h4-6,10-11,13,15-16,18-20,28H,7-9,12,14,17,36H2,1-3H3,(H,38,42)/t28-/m0/s1. The van der Waals surface area contributed by atoms with Crippen LogP contribution in [0.4, 0.5) is 0 Å². The van der Waals surface area contributed by atoms with Gasteiger partial charge in [0.2, 0.25) is 0 Å². The second-order valence-electron chi connectivity index (χ2n) is 11.5. The number of rotatable bonds is 9. The van der Waals surface area contributed by atoms with Crippen LogP contribution in [0.1, 0.15) is 64.4 Å². The van der Waals surface area contributed by atoms with Gasteiger partial charge in [-0.05, 0) is 82.3 Å². The molecule has 11 nitrogen and oxygen atoms in total. The molecule has 3 N–H and O–H groups in total. The number of hydrogen-bond donors (Lipinski definition) is 2. The Morgan fingerprint density at radius 3 is 2.59 bits per heavy atom. The van der Waals surface area contributed by atoms with E-state index in [0.29, 0.717) is 43.3 Å². The van der Waals surface area contributed by atoms with Crippen LogP contribution in [0.2, 0.25) is 0 Å². The van der Waals surface area contributed by atoms with Crippen molar-refractivity contribution in [2.45, 2.75) is 52.0 Å². The summed E-state index contributed by atoms with van der Waals surface area (Å²) >= 11 is 0. The quantitative estimate of drug-likeness (QED) is 0.215. The number of unbranched alkanes of at least 4 members (excludes halogenated alkanes) is 1. The molecule has 1 aliphatic heterocycles. The molecule has 4 aromatic rings. The van der Waals surface area contributed by atoms with Gasteiger partial charge in [0.25, 0.3) is 17.4 Å². The van der Waals surface area contributed by atoms with E-state index in [1.807, 2.05) is 43.3 Å². The van der Waals surface area contributed by atoms with Crippen molar-refractivity contribution in [2.75, 3.05) is 18.7 Å². The summed E-state index contributed by atoms with van der Waals surface area (Å²) in [6.07, 6.45) is 6.91. The van der Waals surface area contributed by atoms with Crippen molar-refractivity contribution in [2.24, 2.45) is 5.73 Å². The zero-order valence-corrected chi connectivity index (χ0v) is 26.1. The predicted octanol–water partition coefficient (Wildman–Crippen LogP) is 3.57. The number of nitrogens with two attached hydrogens (primary N) is 1. The number of allylic oxidation sites excluding steroid dienone is 1. The lowest BCUT2D eigenvalue weighted by atomic mass is 9.96. The van der Waals surface area contributed by atoms with Crippen LogP contribution in [-0.4, -0.2) is 51.7 Å². The Morgan fingerprint density at radius 1 is 1.07 bits per heavy atom. The fourth-order valence-corrected chi connectivity index (χ4v) is 6.28. The van der Waals surface area contributed by atoms with Crippen molar-refractivity contribution in [1.29, 1.82) is 0 Å². The third-order valence-corrected chi connectivity index (χ3v) is 8.50. The number of nitrogens with zero attached hydrogens (tertiary/aromatic N) is 4. The molecule has 2 aliphatic rings. The zero-order chi connectivity index (χ0) is 32.5. The van der Waals surface area contributed by atoms with Crippen molar-refractivity contribution in [3.05, 3.63) is 111 Å². The maximum absolute atomic E-state index is 14.3. The molecule has 2 aromatic carbocycles. The second kappa shape index (κ2) is 12.6. The number of methoxy groups -OCH3 is 1. The van der Waals surface area contributed by atoms with Crippen LogP contribution in [0.3, 0.4) is 0 Å². The first-order valence-corrected chi connectivity index (χ1v) is 15.4. The van der Waals surface area contributed by atoms with Crippen LogP contribution >= 0.6 is 0 Å². The highest BCUT2D eigenvalue weighted by atomic mass is 16.5. The number of carbonyl (C=O) groups is 3. The predicted molar refractivity (Wildman–Crippen MR) is 175 cm³/mol. The molecule has 11 heteroatoms. The van der Waals surface area contributed by atoms with Gasteiger partial charge in [-0.3, -0.25) is 14.4 Å². The summed E-state index contributed by atoms with van der Waals surface area (Å²) in [6, 6.07) is 15.6. The van der Waals surface area contributed by atoms with Gasteiger partial charge in [0.1, 0.15) is 11.9 Å². The molecule has 1 atom stereocenters. The summed E-state index contributed by atoms with van der Waals surface area (Å²) in [6.45, 7) is 4.15. The number of carbonyl (C=O) groups excluding carboxylic acids is 3. The molecule has 0 saturated carbocycles. The van der Waals surface area contributed by atoms with Crippen LogP contribution < -0.4 is 21.6 Å². The molecule has 3 heterocycles. The topological polar surface area (TPSA) is 142 Å². The first-order chi connectivity index (χ1) is 22.2. The van der Waals surface area contributed by atoms with Gasteiger partial charge in [-0.25, -0.2) is 14.8 Å². The Labute approximate surface area is 265 Å². The molecule has 0 saturated heterocycles. The zero-order valence-electron chi connectivity index (χ0n) is 26.1. The number of hydrogen-bond acceptors (Lipinski definition) is 7. The molecule has 0 bridgehead atoms. The van der Waals surface area contributed by atoms with Crippen molar-refractivity contribution in [3.8, 4) is 0 Å². The molecule has 0 spiro atoms. The lowest BCUT2D eigenvalue weighted by Gasteiger charge is -2.24. The smallest absolute Gasteiger partial charge is 0.328 e. The Morgan fingerprint density at radius 2 is 1.85 bits per heavy atom. The van der Waals surface area contributed by atoms with E-state index in [9.17, 15) is 19.2 Å². The number of benzene rings is 2. The number of nitrogens with one attached hydrogen (secondary N) is 1. The molecular formula is C35H36N6O5. The molecule has 46 heavy (non-hydrogen) atoms. The van der Waals surface area contributed by atoms with Gasteiger partial charge >= 0.3 is 5.97 Å². The number of esters is 1. The van der Waals surface area contributed by atoms with E-state index in [1.54, 1.807) is 13.1 Å². The highest BCUT2D eigenvalue weighted by Gasteiger charge is 2.34. The van der Waals surface area contributed by atoms with E-state index in [1.165, 1.54) is 35.0 Å². The van der Waals surface area contributed by atoms with E-state index < -0.39 is 23.5 Å². The fraction of sp³-hybridized carbons (Fsp3) is 0.286. The Bertz CT molecular complexity index is 1990. The fourth-order valence-electron chi connectivity index (χ4n) is 6.28. The largest absolute Gasteiger partial charge is 0.467 e. The van der Waals surface area contributed by atoms with Gasteiger partial charge in [-0.2, -0.15) is 4.68 Å². The van der Waals surface area contributed by atoms with E-state index in [4.69, 9.17) is 10.5 Å². The normalized spacial score (nSPS) is 14.7. The Kier molecular flexibility index (Phi) is 8.42. The molecule has 1 aliphatic carbocycles. The minimum Gasteiger partial charge on any atom is -0.467 e. The molecule has 0 radical (unpaired) electrons. The first-order valence-electron chi connectivity index (χ1n) is 15.4. The summed E-state index contributed by atoms with van der Waals surface area (Å²) in [5, 5.41) is 4.31. The summed E-state index contributed by atoms with van der Waals surface area (Å²) in [5.41, 5.74) is 10.7. The molecular weight excluding hydrogens is 584 g/mol. The third-order valence-electron chi connectivity index (χ3n) is 8.50. The average molecular weight is 621 g/mol. The Hall–Kier alpha value is -5.29. The third kappa shape index (κ3) is 5.43. The van der Waals surface area contributed by atoms with E-state index in [0.717, 1.165) is 34.6 Å². The summed E-state index contributed by atoms with van der Waals surface area (Å²) in [5.74, 6) is -1.11. The van der Waals surface area contributed by atoms with E-state index >= 15 is 0 Å². The van der Waals surface area contributed by atoms with Crippen LogP contribution in [0.15, 0.2) is 71.7 Å². The first kappa shape index (κ1) is 30.7. The van der Waals surface area contributed by atoms with Gasteiger partial charge in [0, 0.05) is 16.8 Å². The molecule has 0 fully saturated rings. The van der Waals surface area contributed by atoms with Crippen molar-refractivity contribution >= 4 is 40.0 Å². The second-order valence-corrected chi connectivity index (χ2v) is 11.5. The van der Waals surface area contributed by atoms with Crippen molar-refractivity contribution in [3.63, 3.8) is 0 Å². The van der Waals surface area contributed by atoms with Crippen molar-refractivity contribution in [1.82, 2.24) is 19.5 Å². The highest BCUT2D eigenvalue weighted by Crippen LogP contribution is 2.37. The van der Waals surface area contributed by atoms with Gasteiger partial charge < -0.3 is 20.4 Å². The van der Waals surface area contributed by atoms with Crippen LogP contribution in [0, 0.1) is 13.8 Å². The lowest BCUT2D eigenvalue weighted by molar-refractivity contribution is -0.143. The molecule has 2 aromatic heterocycles. The van der Waals surface area contributed by atoms with Crippen LogP contribution in [-0.2, 0) is 20.7 Å². The number of ether oxygens (including phenoxy) is 1. The number of aromatic nitrogens is 3. The monoisotopic (exact) mass is 620 g/mol. The van der Waals surface area contributed by atoms with Gasteiger partial charge in [-0.15, -0.1) is 0 Å². The number of aryl methyl sites for hydroxylation is 3. The van der Waals surface area contributed by atoms with Gasteiger partial charge in [-0.1, -0.05) is 36.4 Å². The van der Waals surface area contributed by atoms with Crippen LogP contribution in [0.25, 0.3) is 22.2 Å². The van der Waals surface area contributed by atoms with E-state index in [2.05, 4.69) is 20.9 Å². The summed E-state index contributed by atoms with van der Waals surface area (Å²) in [4.78, 5) is 58.6. The van der Waals surface area contributed by atoms with Crippen molar-refractivity contribution < 1.29 is 19.1 Å². The molecule has 0 unspecified atom stereocenters. The number of fused-ring (bicyclic) bond motifs is 1. The molecule has 6 rings (SSSR count). The summed E-state index contributed by atoms with van der Waals surface area (Å²) in [7, 11) is 1.27. The number of amides is 2. The Balaban J connectivity index is 1.42. The average Bonchev–Trinajstić information content (AvgIpc) is 3.33. The minimum atomic E-state index is -0.833. The van der Waals surface area contributed by atoms with Gasteiger partial charge in [0.05, 0.1) is 41.2 Å².